The lowest BCUT2D eigenvalue weighted by Crippen LogP contribution is -2.19. The Labute approximate surface area is 92.6 Å². The van der Waals surface area contributed by atoms with Crippen molar-refractivity contribution in [2.24, 2.45) is 5.92 Å². The summed E-state index contributed by atoms with van der Waals surface area (Å²) in [5, 5.41) is 12.1. The molecule has 0 radical (unpaired) electrons. The van der Waals surface area contributed by atoms with Crippen molar-refractivity contribution in [2.75, 3.05) is 0 Å². The van der Waals surface area contributed by atoms with Gasteiger partial charge in [-0.2, -0.15) is 0 Å². The zero-order chi connectivity index (χ0) is 10.3. The number of fused-ring (bicyclic) bond motifs is 1. The van der Waals surface area contributed by atoms with Gasteiger partial charge >= 0.3 is 0 Å². The molecule has 1 aliphatic rings. The van der Waals surface area contributed by atoms with Crippen molar-refractivity contribution in [2.45, 2.75) is 25.4 Å². The molecule has 3 rings (SSSR count). The quantitative estimate of drug-likeness (QED) is 0.841. The molecular formula is C12H13NOS. The van der Waals surface area contributed by atoms with Crippen LogP contribution in [0.5, 0.6) is 0 Å². The molecule has 1 fully saturated rings. The molecule has 0 saturated heterocycles. The van der Waals surface area contributed by atoms with E-state index in [1.54, 1.807) is 11.3 Å². The fraction of sp³-hybridized carbons (Fsp3) is 0.417. The van der Waals surface area contributed by atoms with Crippen LogP contribution in [0.4, 0.5) is 0 Å². The smallest absolute Gasteiger partial charge is 0.0833 e. The van der Waals surface area contributed by atoms with Gasteiger partial charge < -0.3 is 5.11 Å². The zero-order valence-corrected chi connectivity index (χ0v) is 9.20. The van der Waals surface area contributed by atoms with Gasteiger partial charge in [0.15, 0.2) is 0 Å². The molecule has 2 nitrogen and oxygen atoms in total. The maximum absolute atomic E-state index is 10.1. The predicted molar refractivity (Wildman–Crippen MR) is 61.9 cm³/mol. The Kier molecular flexibility index (Phi) is 2.22. The second-order valence-corrected chi connectivity index (χ2v) is 5.16. The SMILES string of the molecule is OC(c1cnc2ccsc2c1)C1CCC1. The van der Waals surface area contributed by atoms with Gasteiger partial charge in [0.25, 0.3) is 0 Å². The van der Waals surface area contributed by atoms with Crippen LogP contribution in [0.25, 0.3) is 10.2 Å². The fourth-order valence-corrected chi connectivity index (χ4v) is 2.84. The van der Waals surface area contributed by atoms with Crippen molar-refractivity contribution >= 4 is 21.6 Å². The highest BCUT2D eigenvalue weighted by atomic mass is 32.1. The number of rotatable bonds is 2. The molecule has 1 unspecified atom stereocenters. The molecule has 3 heteroatoms. The third-order valence-electron chi connectivity index (χ3n) is 3.26. The average molecular weight is 219 g/mol. The van der Waals surface area contributed by atoms with E-state index in [9.17, 15) is 5.11 Å². The molecule has 0 aliphatic heterocycles. The summed E-state index contributed by atoms with van der Waals surface area (Å²) < 4.78 is 1.17. The average Bonchev–Trinajstić information content (AvgIpc) is 2.61. The Morgan fingerprint density at radius 1 is 1.47 bits per heavy atom. The predicted octanol–water partition coefficient (Wildman–Crippen LogP) is 3.13. The third kappa shape index (κ3) is 1.56. The van der Waals surface area contributed by atoms with E-state index in [0.29, 0.717) is 5.92 Å². The molecule has 78 valence electrons. The molecule has 1 N–H and O–H groups in total. The number of nitrogens with zero attached hydrogens (tertiary/aromatic N) is 1. The minimum Gasteiger partial charge on any atom is -0.388 e. The molecular weight excluding hydrogens is 206 g/mol. The molecule has 1 saturated carbocycles. The largest absolute Gasteiger partial charge is 0.388 e. The maximum atomic E-state index is 10.1. The van der Waals surface area contributed by atoms with E-state index in [2.05, 4.69) is 11.1 Å². The van der Waals surface area contributed by atoms with E-state index in [4.69, 9.17) is 0 Å². The Morgan fingerprint density at radius 2 is 2.33 bits per heavy atom. The van der Waals surface area contributed by atoms with Gasteiger partial charge in [0.1, 0.15) is 0 Å². The number of thiophene rings is 1. The van der Waals surface area contributed by atoms with Gasteiger partial charge in [-0.3, -0.25) is 4.98 Å². The van der Waals surface area contributed by atoms with Gasteiger partial charge in [-0.25, -0.2) is 0 Å². The molecule has 2 heterocycles. The first kappa shape index (κ1) is 9.31. The molecule has 1 aliphatic carbocycles. The van der Waals surface area contributed by atoms with E-state index in [0.717, 1.165) is 23.9 Å². The number of hydrogen-bond donors (Lipinski definition) is 1. The van der Waals surface area contributed by atoms with Crippen molar-refractivity contribution in [1.29, 1.82) is 0 Å². The second-order valence-electron chi connectivity index (χ2n) is 4.21. The van der Waals surface area contributed by atoms with Crippen LogP contribution < -0.4 is 0 Å². The molecule has 0 spiro atoms. The van der Waals surface area contributed by atoms with Gasteiger partial charge in [-0.15, -0.1) is 11.3 Å². The standard InChI is InChI=1S/C12H13NOS/c14-12(8-2-1-3-8)9-6-11-10(13-7-9)4-5-15-11/h4-8,12,14H,1-3H2. The number of aromatic nitrogens is 1. The van der Waals surface area contributed by atoms with Gasteiger partial charge in [-0.05, 0) is 36.3 Å². The summed E-state index contributed by atoms with van der Waals surface area (Å²) in [6, 6.07) is 4.09. The van der Waals surface area contributed by atoms with Crippen LogP contribution in [-0.4, -0.2) is 10.1 Å². The lowest BCUT2D eigenvalue weighted by Gasteiger charge is -2.30. The van der Waals surface area contributed by atoms with Crippen LogP contribution in [0, 0.1) is 5.92 Å². The summed E-state index contributed by atoms with van der Waals surface area (Å²) in [4.78, 5) is 4.35. The molecule has 0 bridgehead atoms. The fourth-order valence-electron chi connectivity index (χ4n) is 2.05. The summed E-state index contributed by atoms with van der Waals surface area (Å²) in [6.07, 6.45) is 5.08. The number of aliphatic hydroxyl groups is 1. The summed E-state index contributed by atoms with van der Waals surface area (Å²) in [6.45, 7) is 0. The maximum Gasteiger partial charge on any atom is 0.0833 e. The molecule has 15 heavy (non-hydrogen) atoms. The Hall–Kier alpha value is -0.930. The van der Waals surface area contributed by atoms with E-state index in [1.165, 1.54) is 11.1 Å². The lowest BCUT2D eigenvalue weighted by atomic mass is 9.79. The first-order valence-corrected chi connectivity index (χ1v) is 6.24. The van der Waals surface area contributed by atoms with Crippen molar-refractivity contribution in [3.8, 4) is 0 Å². The van der Waals surface area contributed by atoms with Gasteiger partial charge in [-0.1, -0.05) is 6.42 Å². The number of pyridine rings is 1. The monoisotopic (exact) mass is 219 g/mol. The first-order valence-electron chi connectivity index (χ1n) is 5.36. The highest BCUT2D eigenvalue weighted by molar-refractivity contribution is 7.17. The third-order valence-corrected chi connectivity index (χ3v) is 4.11. The Bertz CT molecular complexity index is 475. The highest BCUT2D eigenvalue weighted by Gasteiger charge is 2.27. The van der Waals surface area contributed by atoms with Crippen molar-refractivity contribution in [3.63, 3.8) is 0 Å². The summed E-state index contributed by atoms with van der Waals surface area (Å²) >= 11 is 1.68. The molecule has 1 atom stereocenters. The topological polar surface area (TPSA) is 33.1 Å². The minimum atomic E-state index is -0.308. The zero-order valence-electron chi connectivity index (χ0n) is 8.39. The van der Waals surface area contributed by atoms with Crippen LogP contribution in [0.15, 0.2) is 23.7 Å². The van der Waals surface area contributed by atoms with Crippen LogP contribution in [0.3, 0.4) is 0 Å². The Morgan fingerprint density at radius 3 is 3.07 bits per heavy atom. The van der Waals surface area contributed by atoms with Gasteiger partial charge in [0.2, 0.25) is 0 Å². The second kappa shape index (κ2) is 3.58. The number of aliphatic hydroxyl groups excluding tert-OH is 1. The van der Waals surface area contributed by atoms with Crippen molar-refractivity contribution < 1.29 is 5.11 Å². The molecule has 2 aromatic heterocycles. The minimum absolute atomic E-state index is 0.308. The van der Waals surface area contributed by atoms with Crippen LogP contribution >= 0.6 is 11.3 Å². The highest BCUT2D eigenvalue weighted by Crippen LogP contribution is 2.38. The first-order chi connectivity index (χ1) is 7.34. The van der Waals surface area contributed by atoms with Gasteiger partial charge in [0.05, 0.1) is 16.3 Å². The van der Waals surface area contributed by atoms with E-state index < -0.39 is 0 Å². The summed E-state index contributed by atoms with van der Waals surface area (Å²) in [5.74, 6) is 0.462. The van der Waals surface area contributed by atoms with Crippen molar-refractivity contribution in [1.82, 2.24) is 4.98 Å². The normalized spacial score (nSPS) is 19.0. The van der Waals surface area contributed by atoms with Crippen LogP contribution in [-0.2, 0) is 0 Å². The van der Waals surface area contributed by atoms with Crippen LogP contribution in [0.2, 0.25) is 0 Å². The Balaban J connectivity index is 1.95. The summed E-state index contributed by atoms with van der Waals surface area (Å²) in [5.41, 5.74) is 2.01. The van der Waals surface area contributed by atoms with Crippen LogP contribution in [0.1, 0.15) is 30.9 Å². The number of hydrogen-bond acceptors (Lipinski definition) is 3. The lowest BCUT2D eigenvalue weighted by molar-refractivity contribution is 0.0620. The molecule has 0 amide bonds. The molecule has 0 aromatic carbocycles. The van der Waals surface area contributed by atoms with Crippen molar-refractivity contribution in [3.05, 3.63) is 29.3 Å². The van der Waals surface area contributed by atoms with E-state index >= 15 is 0 Å². The molecule has 2 aromatic rings. The van der Waals surface area contributed by atoms with E-state index in [-0.39, 0.29) is 6.10 Å². The van der Waals surface area contributed by atoms with E-state index in [1.807, 2.05) is 17.6 Å². The van der Waals surface area contributed by atoms with Gasteiger partial charge in [0, 0.05) is 11.8 Å². The summed E-state index contributed by atoms with van der Waals surface area (Å²) in [7, 11) is 0.